The van der Waals surface area contributed by atoms with Gasteiger partial charge < -0.3 is 10.1 Å². The van der Waals surface area contributed by atoms with Crippen molar-refractivity contribution in [2.45, 2.75) is 26.3 Å². The Bertz CT molecular complexity index is 440. The molecule has 0 heterocycles. The van der Waals surface area contributed by atoms with E-state index < -0.39 is 6.09 Å². The van der Waals surface area contributed by atoms with E-state index in [4.69, 9.17) is 4.74 Å². The number of carbonyl (C=O) groups is 2. The lowest BCUT2D eigenvalue weighted by molar-refractivity contribution is -0.114. The van der Waals surface area contributed by atoms with Gasteiger partial charge in [-0.1, -0.05) is 36.4 Å². The van der Waals surface area contributed by atoms with Crippen molar-refractivity contribution in [2.24, 2.45) is 0 Å². The molecule has 0 radical (unpaired) electrons. The molecule has 19 heavy (non-hydrogen) atoms. The fourth-order valence-electron chi connectivity index (χ4n) is 1.55. The van der Waals surface area contributed by atoms with Crippen LogP contribution in [-0.4, -0.2) is 24.5 Å². The van der Waals surface area contributed by atoms with E-state index in [1.54, 1.807) is 19.9 Å². The number of rotatable bonds is 6. The van der Waals surface area contributed by atoms with Gasteiger partial charge in [0.1, 0.15) is 0 Å². The number of nitrogens with one attached hydrogen (secondary N) is 1. The Morgan fingerprint density at radius 2 is 2.00 bits per heavy atom. The first-order valence-corrected chi connectivity index (χ1v) is 6.31. The van der Waals surface area contributed by atoms with Crippen LogP contribution in [-0.2, 0) is 9.53 Å². The molecule has 1 atom stereocenters. The average molecular weight is 261 g/mol. The molecule has 0 aliphatic heterocycles. The quantitative estimate of drug-likeness (QED) is 0.801. The summed E-state index contributed by atoms with van der Waals surface area (Å²) < 4.78 is 4.74. The smallest absolute Gasteiger partial charge is 0.407 e. The SMILES string of the molecule is CCOC(=O)NC(C)CC(=O)/C=C/c1ccccc1. The van der Waals surface area contributed by atoms with Crippen LogP contribution in [0.15, 0.2) is 36.4 Å². The van der Waals surface area contributed by atoms with Crippen molar-refractivity contribution < 1.29 is 14.3 Å². The van der Waals surface area contributed by atoms with Gasteiger partial charge >= 0.3 is 6.09 Å². The number of alkyl carbamates (subject to hydrolysis) is 1. The molecule has 4 heteroatoms. The molecular weight excluding hydrogens is 242 g/mol. The van der Waals surface area contributed by atoms with Gasteiger partial charge in [0.2, 0.25) is 0 Å². The molecule has 1 amide bonds. The normalized spacial score (nSPS) is 12.1. The monoisotopic (exact) mass is 261 g/mol. The molecule has 1 N–H and O–H groups in total. The number of carbonyl (C=O) groups excluding carboxylic acids is 2. The number of amides is 1. The zero-order valence-corrected chi connectivity index (χ0v) is 11.3. The maximum Gasteiger partial charge on any atom is 0.407 e. The number of benzene rings is 1. The molecule has 0 aliphatic carbocycles. The number of ketones is 1. The van der Waals surface area contributed by atoms with Crippen LogP contribution in [0, 0.1) is 0 Å². The van der Waals surface area contributed by atoms with E-state index in [2.05, 4.69) is 5.32 Å². The lowest BCUT2D eigenvalue weighted by atomic mass is 10.1. The largest absolute Gasteiger partial charge is 0.450 e. The van der Waals surface area contributed by atoms with Gasteiger partial charge in [0.15, 0.2) is 5.78 Å². The zero-order chi connectivity index (χ0) is 14.1. The van der Waals surface area contributed by atoms with E-state index in [0.29, 0.717) is 6.61 Å². The van der Waals surface area contributed by atoms with Gasteiger partial charge in [0.05, 0.1) is 6.61 Å². The Morgan fingerprint density at radius 3 is 2.63 bits per heavy atom. The van der Waals surface area contributed by atoms with Crippen LogP contribution in [0.3, 0.4) is 0 Å². The molecule has 102 valence electrons. The highest BCUT2D eigenvalue weighted by Gasteiger charge is 2.10. The first-order chi connectivity index (χ1) is 9.11. The zero-order valence-electron chi connectivity index (χ0n) is 11.3. The highest BCUT2D eigenvalue weighted by molar-refractivity contribution is 5.94. The second-order valence-electron chi connectivity index (χ2n) is 4.18. The van der Waals surface area contributed by atoms with Crippen molar-refractivity contribution in [3.63, 3.8) is 0 Å². The molecule has 0 bridgehead atoms. The van der Waals surface area contributed by atoms with E-state index in [9.17, 15) is 9.59 Å². The molecule has 1 unspecified atom stereocenters. The summed E-state index contributed by atoms with van der Waals surface area (Å²) in [5.74, 6) is -0.0341. The first kappa shape index (κ1) is 15.0. The third kappa shape index (κ3) is 6.41. The van der Waals surface area contributed by atoms with Crippen molar-refractivity contribution in [2.75, 3.05) is 6.61 Å². The van der Waals surface area contributed by atoms with E-state index in [0.717, 1.165) is 5.56 Å². The van der Waals surface area contributed by atoms with Gasteiger partial charge in [-0.3, -0.25) is 4.79 Å². The van der Waals surface area contributed by atoms with Crippen LogP contribution in [0.5, 0.6) is 0 Å². The second-order valence-corrected chi connectivity index (χ2v) is 4.18. The molecule has 1 rings (SSSR count). The third-order valence-corrected chi connectivity index (χ3v) is 2.41. The van der Waals surface area contributed by atoms with Gasteiger partial charge in [-0.15, -0.1) is 0 Å². The number of hydrogen-bond acceptors (Lipinski definition) is 3. The number of ether oxygens (including phenoxy) is 1. The minimum absolute atomic E-state index is 0.0341. The van der Waals surface area contributed by atoms with Crippen LogP contribution >= 0.6 is 0 Å². The van der Waals surface area contributed by atoms with Crippen LogP contribution in [0.1, 0.15) is 25.8 Å². The molecule has 0 aliphatic rings. The molecule has 0 fully saturated rings. The summed E-state index contributed by atoms with van der Waals surface area (Å²) in [5, 5.41) is 2.59. The Morgan fingerprint density at radius 1 is 1.32 bits per heavy atom. The van der Waals surface area contributed by atoms with Crippen molar-refractivity contribution in [3.8, 4) is 0 Å². The highest BCUT2D eigenvalue weighted by atomic mass is 16.5. The van der Waals surface area contributed by atoms with Gasteiger partial charge in [0, 0.05) is 12.5 Å². The summed E-state index contributed by atoms with van der Waals surface area (Å²) in [4.78, 5) is 22.8. The van der Waals surface area contributed by atoms with E-state index >= 15 is 0 Å². The summed E-state index contributed by atoms with van der Waals surface area (Å²) in [6, 6.07) is 9.34. The summed E-state index contributed by atoms with van der Waals surface area (Å²) in [7, 11) is 0. The standard InChI is InChI=1S/C15H19NO3/c1-3-19-15(18)16-12(2)11-14(17)10-9-13-7-5-4-6-8-13/h4-10,12H,3,11H2,1-2H3,(H,16,18)/b10-9+. The van der Waals surface area contributed by atoms with E-state index in [1.807, 2.05) is 30.3 Å². The van der Waals surface area contributed by atoms with Crippen LogP contribution in [0.4, 0.5) is 4.79 Å². The topological polar surface area (TPSA) is 55.4 Å². The Hall–Kier alpha value is -2.10. The fraction of sp³-hybridized carbons (Fsp3) is 0.333. The van der Waals surface area contributed by atoms with Gasteiger partial charge in [-0.25, -0.2) is 4.79 Å². The fourth-order valence-corrected chi connectivity index (χ4v) is 1.55. The lowest BCUT2D eigenvalue weighted by Crippen LogP contribution is -2.34. The third-order valence-electron chi connectivity index (χ3n) is 2.41. The molecule has 1 aromatic rings. The minimum Gasteiger partial charge on any atom is -0.450 e. The maximum absolute atomic E-state index is 11.7. The number of allylic oxidation sites excluding steroid dienone is 1. The molecule has 0 saturated carbocycles. The highest BCUT2D eigenvalue weighted by Crippen LogP contribution is 2.02. The van der Waals surface area contributed by atoms with Gasteiger partial charge in [-0.05, 0) is 25.5 Å². The van der Waals surface area contributed by atoms with Crippen LogP contribution < -0.4 is 5.32 Å². The lowest BCUT2D eigenvalue weighted by Gasteiger charge is -2.11. The molecule has 4 nitrogen and oxygen atoms in total. The molecule has 0 aromatic heterocycles. The van der Waals surface area contributed by atoms with Gasteiger partial charge in [0.25, 0.3) is 0 Å². The average Bonchev–Trinajstić information content (AvgIpc) is 2.37. The Balaban J connectivity index is 2.38. The van der Waals surface area contributed by atoms with Gasteiger partial charge in [-0.2, -0.15) is 0 Å². The van der Waals surface area contributed by atoms with Crippen LogP contribution in [0.2, 0.25) is 0 Å². The minimum atomic E-state index is -0.491. The van der Waals surface area contributed by atoms with E-state index in [1.165, 1.54) is 6.08 Å². The summed E-state index contributed by atoms with van der Waals surface area (Å²) in [6.07, 6.45) is 3.05. The predicted molar refractivity (Wildman–Crippen MR) is 74.7 cm³/mol. The molecule has 0 saturated heterocycles. The number of hydrogen-bond donors (Lipinski definition) is 1. The van der Waals surface area contributed by atoms with Crippen molar-refractivity contribution in [3.05, 3.63) is 42.0 Å². The predicted octanol–water partition coefficient (Wildman–Crippen LogP) is 2.79. The molecule has 0 spiro atoms. The van der Waals surface area contributed by atoms with E-state index in [-0.39, 0.29) is 18.2 Å². The van der Waals surface area contributed by atoms with Crippen molar-refractivity contribution in [1.82, 2.24) is 5.32 Å². The Kier molecular flexibility index (Phi) is 6.36. The molecule has 1 aromatic carbocycles. The summed E-state index contributed by atoms with van der Waals surface area (Å²) >= 11 is 0. The molecular formula is C15H19NO3. The first-order valence-electron chi connectivity index (χ1n) is 6.31. The summed E-state index contributed by atoms with van der Waals surface area (Å²) in [5.41, 5.74) is 0.974. The maximum atomic E-state index is 11.7. The van der Waals surface area contributed by atoms with Crippen molar-refractivity contribution in [1.29, 1.82) is 0 Å². The Labute approximate surface area is 113 Å². The summed E-state index contributed by atoms with van der Waals surface area (Å²) in [6.45, 7) is 3.82. The van der Waals surface area contributed by atoms with Crippen molar-refractivity contribution >= 4 is 18.0 Å². The van der Waals surface area contributed by atoms with Crippen LogP contribution in [0.25, 0.3) is 6.08 Å². The second kappa shape index (κ2) is 8.08.